The highest BCUT2D eigenvalue weighted by Gasteiger charge is 2.23. The molecule has 5 nitrogen and oxygen atoms in total. The number of nitrogens with zero attached hydrogens (tertiary/aromatic N) is 1. The molecule has 1 fully saturated rings. The van der Waals surface area contributed by atoms with Gasteiger partial charge in [-0.1, -0.05) is 29.8 Å². The number of hydrogen-bond donors (Lipinski definition) is 2. The molecule has 2 heterocycles. The Kier molecular flexibility index (Phi) is 4.99. The van der Waals surface area contributed by atoms with Gasteiger partial charge in [-0.05, 0) is 42.9 Å². The summed E-state index contributed by atoms with van der Waals surface area (Å²) in [5.74, 6) is 0.355. The van der Waals surface area contributed by atoms with Gasteiger partial charge < -0.3 is 15.2 Å². The topological polar surface area (TPSA) is 65.2 Å². The van der Waals surface area contributed by atoms with Crippen LogP contribution >= 0.6 is 0 Å². The van der Waals surface area contributed by atoms with Crippen molar-refractivity contribution in [2.45, 2.75) is 32.2 Å². The lowest BCUT2D eigenvalue weighted by Crippen LogP contribution is -2.43. The molecule has 0 aliphatic carbocycles. The lowest BCUT2D eigenvalue weighted by atomic mass is 9.90. The van der Waals surface area contributed by atoms with Gasteiger partial charge in [0, 0.05) is 31.9 Å². The fraction of sp³-hybridized carbons (Fsp3) is 0.368. The van der Waals surface area contributed by atoms with Gasteiger partial charge in [0.25, 0.3) is 0 Å². The van der Waals surface area contributed by atoms with Gasteiger partial charge in [-0.2, -0.15) is 0 Å². The summed E-state index contributed by atoms with van der Waals surface area (Å²) in [6, 6.07) is 11.8. The van der Waals surface area contributed by atoms with Crippen LogP contribution in [0.1, 0.15) is 35.4 Å². The lowest BCUT2D eigenvalue weighted by molar-refractivity contribution is 0.181. The van der Waals surface area contributed by atoms with E-state index in [-0.39, 0.29) is 11.6 Å². The van der Waals surface area contributed by atoms with Gasteiger partial charge in [0.05, 0.1) is 0 Å². The number of carbonyl (C=O) groups excluding carboxylic acids is 1. The molecule has 2 amide bonds. The van der Waals surface area contributed by atoms with Crippen LogP contribution in [0.4, 0.5) is 4.79 Å². The van der Waals surface area contributed by atoms with Gasteiger partial charge in [-0.15, -0.1) is 0 Å². The van der Waals surface area contributed by atoms with Crippen molar-refractivity contribution in [2.75, 3.05) is 13.1 Å². The van der Waals surface area contributed by atoms with E-state index in [4.69, 9.17) is 0 Å². The number of aromatic nitrogens is 1. The first-order valence-corrected chi connectivity index (χ1v) is 8.39. The summed E-state index contributed by atoms with van der Waals surface area (Å²) in [5, 5.41) is 2.99. The molecular formula is C19H23N3O2. The molecule has 0 bridgehead atoms. The number of hydrogen-bond acceptors (Lipinski definition) is 2. The zero-order valence-electron chi connectivity index (χ0n) is 13.9. The van der Waals surface area contributed by atoms with E-state index in [1.165, 1.54) is 5.56 Å². The van der Waals surface area contributed by atoms with Gasteiger partial charge in [0.2, 0.25) is 5.56 Å². The van der Waals surface area contributed by atoms with Crippen LogP contribution in [-0.2, 0) is 6.54 Å². The monoisotopic (exact) mass is 325 g/mol. The number of amides is 2. The van der Waals surface area contributed by atoms with Crippen molar-refractivity contribution in [1.29, 1.82) is 0 Å². The fourth-order valence-corrected chi connectivity index (χ4v) is 3.24. The number of H-pyrrole nitrogens is 1. The lowest BCUT2D eigenvalue weighted by Gasteiger charge is -2.32. The largest absolute Gasteiger partial charge is 0.334 e. The van der Waals surface area contributed by atoms with Crippen LogP contribution in [0, 0.1) is 6.92 Å². The Balaban J connectivity index is 1.51. The number of aromatic amines is 1. The van der Waals surface area contributed by atoms with Gasteiger partial charge >= 0.3 is 6.03 Å². The van der Waals surface area contributed by atoms with E-state index in [2.05, 4.69) is 16.4 Å². The molecule has 0 unspecified atom stereocenters. The Labute approximate surface area is 141 Å². The van der Waals surface area contributed by atoms with E-state index in [1.54, 1.807) is 12.3 Å². The first-order valence-electron chi connectivity index (χ1n) is 8.39. The molecule has 1 aliphatic rings. The van der Waals surface area contributed by atoms with Crippen molar-refractivity contribution < 1.29 is 4.79 Å². The minimum absolute atomic E-state index is 0.0131. The number of carbonyl (C=O) groups is 1. The quantitative estimate of drug-likeness (QED) is 0.911. The van der Waals surface area contributed by atoms with Gasteiger partial charge in [-0.25, -0.2) is 4.79 Å². The van der Waals surface area contributed by atoms with Crippen molar-refractivity contribution in [3.63, 3.8) is 0 Å². The summed E-state index contributed by atoms with van der Waals surface area (Å²) in [7, 11) is 0. The van der Waals surface area contributed by atoms with Crippen LogP contribution in [-0.4, -0.2) is 29.0 Å². The molecule has 0 spiro atoms. The van der Waals surface area contributed by atoms with E-state index in [9.17, 15) is 9.59 Å². The van der Waals surface area contributed by atoms with E-state index in [1.807, 2.05) is 36.1 Å². The number of urea groups is 1. The third-order valence-electron chi connectivity index (χ3n) is 4.58. The number of rotatable bonds is 3. The average Bonchev–Trinajstić information content (AvgIpc) is 2.60. The zero-order chi connectivity index (χ0) is 16.9. The molecule has 1 aromatic heterocycles. The first-order chi connectivity index (χ1) is 11.6. The number of likely N-dealkylation sites (tertiary alicyclic amines) is 1. The van der Waals surface area contributed by atoms with Crippen molar-refractivity contribution >= 4 is 6.03 Å². The predicted molar refractivity (Wildman–Crippen MR) is 94.0 cm³/mol. The van der Waals surface area contributed by atoms with Crippen LogP contribution in [0.15, 0.2) is 47.4 Å². The molecule has 0 atom stereocenters. The second-order valence-electron chi connectivity index (χ2n) is 6.40. The number of pyridine rings is 1. The number of nitrogens with one attached hydrogen (secondary N) is 2. The average molecular weight is 325 g/mol. The minimum Gasteiger partial charge on any atom is -0.334 e. The van der Waals surface area contributed by atoms with Crippen molar-refractivity contribution in [1.82, 2.24) is 15.2 Å². The second-order valence-corrected chi connectivity index (χ2v) is 6.40. The third-order valence-corrected chi connectivity index (χ3v) is 4.58. The minimum atomic E-state index is -0.0640. The molecule has 24 heavy (non-hydrogen) atoms. The number of piperidine rings is 1. The van der Waals surface area contributed by atoms with E-state index >= 15 is 0 Å². The van der Waals surface area contributed by atoms with Crippen molar-refractivity contribution in [2.24, 2.45) is 0 Å². The Bertz CT molecular complexity index is 761. The molecule has 5 heteroatoms. The summed E-state index contributed by atoms with van der Waals surface area (Å²) >= 11 is 0. The fourth-order valence-electron chi connectivity index (χ4n) is 3.24. The van der Waals surface area contributed by atoms with Crippen LogP contribution in [0.25, 0.3) is 0 Å². The van der Waals surface area contributed by atoms with Gasteiger partial charge in [0.1, 0.15) is 0 Å². The SMILES string of the molecule is Cc1cccc(CNC(=O)N2CCC(c3cc[nH]c(=O)c3)CC2)c1. The van der Waals surface area contributed by atoms with Gasteiger partial charge in [-0.3, -0.25) is 4.79 Å². The standard InChI is InChI=1S/C19H23N3O2/c1-14-3-2-4-15(11-14)13-21-19(24)22-9-6-16(7-10-22)17-5-8-20-18(23)12-17/h2-5,8,11-12,16H,6-7,9-10,13H2,1H3,(H,20,23)(H,21,24). The summed E-state index contributed by atoms with van der Waals surface area (Å²) in [6.07, 6.45) is 3.47. The summed E-state index contributed by atoms with van der Waals surface area (Å²) in [6.45, 7) is 4.04. The highest BCUT2D eigenvalue weighted by molar-refractivity contribution is 5.74. The molecule has 1 saturated heterocycles. The molecular weight excluding hydrogens is 302 g/mol. The Morgan fingerprint density at radius 2 is 2.04 bits per heavy atom. The van der Waals surface area contributed by atoms with Crippen LogP contribution in [0.5, 0.6) is 0 Å². The second kappa shape index (κ2) is 7.34. The van der Waals surface area contributed by atoms with Crippen LogP contribution in [0.2, 0.25) is 0 Å². The third kappa shape index (κ3) is 4.04. The summed E-state index contributed by atoms with van der Waals surface area (Å²) < 4.78 is 0. The first kappa shape index (κ1) is 16.3. The maximum atomic E-state index is 12.3. The molecule has 0 saturated carbocycles. The molecule has 2 N–H and O–H groups in total. The van der Waals surface area contributed by atoms with E-state index < -0.39 is 0 Å². The van der Waals surface area contributed by atoms with E-state index in [0.717, 1.165) is 37.1 Å². The predicted octanol–water partition coefficient (Wildman–Crippen LogP) is 2.77. The number of benzene rings is 1. The molecule has 1 aliphatic heterocycles. The highest BCUT2D eigenvalue weighted by Crippen LogP contribution is 2.26. The molecule has 1 aromatic carbocycles. The molecule has 2 aromatic rings. The summed E-state index contributed by atoms with van der Waals surface area (Å²) in [4.78, 5) is 28.2. The summed E-state index contributed by atoms with van der Waals surface area (Å²) in [5.41, 5.74) is 3.31. The zero-order valence-corrected chi connectivity index (χ0v) is 13.9. The van der Waals surface area contributed by atoms with Crippen LogP contribution in [0.3, 0.4) is 0 Å². The van der Waals surface area contributed by atoms with E-state index in [0.29, 0.717) is 12.5 Å². The highest BCUT2D eigenvalue weighted by atomic mass is 16.2. The Morgan fingerprint density at radius 3 is 2.75 bits per heavy atom. The molecule has 0 radical (unpaired) electrons. The van der Waals surface area contributed by atoms with Crippen molar-refractivity contribution in [3.05, 3.63) is 69.6 Å². The van der Waals surface area contributed by atoms with Gasteiger partial charge in [0.15, 0.2) is 0 Å². The molecule has 126 valence electrons. The Morgan fingerprint density at radius 1 is 1.25 bits per heavy atom. The maximum absolute atomic E-state index is 12.3. The normalized spacial score (nSPS) is 15.3. The number of aryl methyl sites for hydroxylation is 1. The van der Waals surface area contributed by atoms with Crippen LogP contribution < -0.4 is 10.9 Å². The smallest absolute Gasteiger partial charge is 0.317 e. The maximum Gasteiger partial charge on any atom is 0.317 e. The van der Waals surface area contributed by atoms with Crippen molar-refractivity contribution in [3.8, 4) is 0 Å². The Hall–Kier alpha value is -2.56. The molecule has 3 rings (SSSR count).